The second-order valence-corrected chi connectivity index (χ2v) is 5.28. The van der Waals surface area contributed by atoms with Gasteiger partial charge in [-0.3, -0.25) is 0 Å². The normalized spacial score (nSPS) is 18.9. The van der Waals surface area contributed by atoms with Crippen LogP contribution < -0.4 is 5.32 Å². The van der Waals surface area contributed by atoms with Gasteiger partial charge in [0.2, 0.25) is 0 Å². The molecule has 2 nitrogen and oxygen atoms in total. The number of hydrogen-bond donors (Lipinski definition) is 1. The monoisotopic (exact) mass is 232 g/mol. The van der Waals surface area contributed by atoms with E-state index < -0.39 is 0 Å². The SMILES string of the molecule is CCc1cccc2c1NC(CCN(C)C)CC2. The van der Waals surface area contributed by atoms with Gasteiger partial charge in [-0.2, -0.15) is 0 Å². The highest BCUT2D eigenvalue weighted by Gasteiger charge is 2.19. The molecule has 1 aliphatic rings. The molecule has 1 aromatic rings. The van der Waals surface area contributed by atoms with Crippen LogP contribution in [0.3, 0.4) is 0 Å². The van der Waals surface area contributed by atoms with Gasteiger partial charge in [0.15, 0.2) is 0 Å². The third-order valence-electron chi connectivity index (χ3n) is 3.65. The van der Waals surface area contributed by atoms with Crippen molar-refractivity contribution in [2.24, 2.45) is 0 Å². The van der Waals surface area contributed by atoms with Crippen molar-refractivity contribution in [2.45, 2.75) is 38.6 Å². The molecule has 1 aromatic carbocycles. The summed E-state index contributed by atoms with van der Waals surface area (Å²) in [7, 11) is 4.29. The fraction of sp³-hybridized carbons (Fsp3) is 0.600. The van der Waals surface area contributed by atoms with E-state index in [1.165, 1.54) is 42.6 Å². The Morgan fingerprint density at radius 3 is 2.88 bits per heavy atom. The lowest BCUT2D eigenvalue weighted by molar-refractivity contribution is 0.379. The molecule has 2 heteroatoms. The second-order valence-electron chi connectivity index (χ2n) is 5.28. The van der Waals surface area contributed by atoms with Gasteiger partial charge in [-0.15, -0.1) is 0 Å². The molecule has 1 atom stereocenters. The van der Waals surface area contributed by atoms with Crippen molar-refractivity contribution in [3.8, 4) is 0 Å². The van der Waals surface area contributed by atoms with Crippen LogP contribution in [0.25, 0.3) is 0 Å². The maximum absolute atomic E-state index is 3.75. The molecule has 2 rings (SSSR count). The van der Waals surface area contributed by atoms with E-state index >= 15 is 0 Å². The minimum atomic E-state index is 0.651. The Morgan fingerprint density at radius 2 is 2.18 bits per heavy atom. The van der Waals surface area contributed by atoms with Gasteiger partial charge in [0.25, 0.3) is 0 Å². The summed E-state index contributed by atoms with van der Waals surface area (Å²) in [6, 6.07) is 7.36. The molecule has 17 heavy (non-hydrogen) atoms. The first kappa shape index (κ1) is 12.4. The van der Waals surface area contributed by atoms with Gasteiger partial charge in [-0.25, -0.2) is 0 Å². The van der Waals surface area contributed by atoms with Crippen molar-refractivity contribution in [1.29, 1.82) is 0 Å². The largest absolute Gasteiger partial charge is 0.382 e. The van der Waals surface area contributed by atoms with Crippen LogP contribution in [0.5, 0.6) is 0 Å². The maximum atomic E-state index is 3.75. The number of nitrogens with zero attached hydrogens (tertiary/aromatic N) is 1. The molecule has 0 bridgehead atoms. The zero-order valence-electron chi connectivity index (χ0n) is 11.3. The van der Waals surface area contributed by atoms with Crippen LogP contribution >= 0.6 is 0 Å². The van der Waals surface area contributed by atoms with Gasteiger partial charge in [-0.1, -0.05) is 25.1 Å². The molecular formula is C15H24N2. The zero-order valence-corrected chi connectivity index (χ0v) is 11.3. The first-order valence-corrected chi connectivity index (χ1v) is 6.72. The molecule has 1 N–H and O–H groups in total. The highest BCUT2D eigenvalue weighted by molar-refractivity contribution is 5.60. The summed E-state index contributed by atoms with van der Waals surface area (Å²) in [5, 5.41) is 3.75. The summed E-state index contributed by atoms with van der Waals surface area (Å²) in [4.78, 5) is 2.27. The molecule has 0 saturated heterocycles. The first-order valence-electron chi connectivity index (χ1n) is 6.72. The molecule has 0 amide bonds. The molecule has 1 unspecified atom stereocenters. The third kappa shape index (κ3) is 3.01. The Morgan fingerprint density at radius 1 is 1.35 bits per heavy atom. The predicted octanol–water partition coefficient (Wildman–Crippen LogP) is 2.93. The van der Waals surface area contributed by atoms with Gasteiger partial charge in [0.05, 0.1) is 0 Å². The standard InChI is InChI=1S/C15H24N2/c1-4-12-6-5-7-13-8-9-14(16-15(12)13)10-11-17(2)3/h5-7,14,16H,4,8-11H2,1-3H3. The van der Waals surface area contributed by atoms with Crippen LogP contribution in [-0.4, -0.2) is 31.6 Å². The number of benzene rings is 1. The number of hydrogen-bond acceptors (Lipinski definition) is 2. The fourth-order valence-electron chi connectivity index (χ4n) is 2.58. The van der Waals surface area contributed by atoms with Crippen LogP contribution in [-0.2, 0) is 12.8 Å². The minimum Gasteiger partial charge on any atom is -0.382 e. The lowest BCUT2D eigenvalue weighted by atomic mass is 9.93. The van der Waals surface area contributed by atoms with Crippen molar-refractivity contribution in [3.63, 3.8) is 0 Å². The number of nitrogens with one attached hydrogen (secondary N) is 1. The summed E-state index contributed by atoms with van der Waals surface area (Å²) in [5.74, 6) is 0. The summed E-state index contributed by atoms with van der Waals surface area (Å²) >= 11 is 0. The number of fused-ring (bicyclic) bond motifs is 1. The van der Waals surface area contributed by atoms with E-state index in [0.29, 0.717) is 6.04 Å². The molecule has 1 heterocycles. The zero-order chi connectivity index (χ0) is 12.3. The van der Waals surface area contributed by atoms with Crippen LogP contribution in [0.4, 0.5) is 5.69 Å². The number of anilines is 1. The quantitative estimate of drug-likeness (QED) is 0.858. The average Bonchev–Trinajstić information content (AvgIpc) is 2.35. The molecule has 94 valence electrons. The van der Waals surface area contributed by atoms with Crippen LogP contribution in [0.1, 0.15) is 30.9 Å². The van der Waals surface area contributed by atoms with E-state index in [-0.39, 0.29) is 0 Å². The third-order valence-corrected chi connectivity index (χ3v) is 3.65. The Balaban J connectivity index is 2.06. The maximum Gasteiger partial charge on any atom is 0.0407 e. The summed E-state index contributed by atoms with van der Waals surface area (Å²) in [5.41, 5.74) is 4.40. The fourth-order valence-corrected chi connectivity index (χ4v) is 2.58. The van der Waals surface area contributed by atoms with E-state index in [4.69, 9.17) is 0 Å². The van der Waals surface area contributed by atoms with Gasteiger partial charge in [-0.05, 0) is 57.5 Å². The predicted molar refractivity (Wildman–Crippen MR) is 74.7 cm³/mol. The van der Waals surface area contributed by atoms with Crippen LogP contribution in [0, 0.1) is 0 Å². The highest BCUT2D eigenvalue weighted by Crippen LogP contribution is 2.29. The van der Waals surface area contributed by atoms with Crippen LogP contribution in [0.2, 0.25) is 0 Å². The lowest BCUT2D eigenvalue weighted by Gasteiger charge is -2.29. The lowest BCUT2D eigenvalue weighted by Crippen LogP contribution is -2.30. The van der Waals surface area contributed by atoms with E-state index in [1.54, 1.807) is 0 Å². The number of para-hydroxylation sites is 1. The second kappa shape index (κ2) is 5.54. The Labute approximate surface area is 105 Å². The van der Waals surface area contributed by atoms with Crippen molar-refractivity contribution in [2.75, 3.05) is 26.0 Å². The van der Waals surface area contributed by atoms with Crippen molar-refractivity contribution >= 4 is 5.69 Å². The summed E-state index contributed by atoms with van der Waals surface area (Å²) < 4.78 is 0. The molecule has 0 fully saturated rings. The summed E-state index contributed by atoms with van der Waals surface area (Å²) in [6.07, 6.45) is 4.86. The van der Waals surface area contributed by atoms with E-state index in [0.717, 1.165) is 6.42 Å². The van der Waals surface area contributed by atoms with Crippen molar-refractivity contribution in [3.05, 3.63) is 29.3 Å². The molecule has 0 saturated carbocycles. The molecule has 0 aromatic heterocycles. The Hall–Kier alpha value is -1.02. The molecule has 0 aliphatic carbocycles. The van der Waals surface area contributed by atoms with Gasteiger partial charge in [0, 0.05) is 11.7 Å². The number of aryl methyl sites for hydroxylation is 2. The van der Waals surface area contributed by atoms with Crippen LogP contribution in [0.15, 0.2) is 18.2 Å². The molecule has 0 spiro atoms. The first-order chi connectivity index (χ1) is 8.20. The number of rotatable bonds is 4. The molecule has 0 radical (unpaired) electrons. The topological polar surface area (TPSA) is 15.3 Å². The molecule has 1 aliphatic heterocycles. The average molecular weight is 232 g/mol. The van der Waals surface area contributed by atoms with E-state index in [1.807, 2.05) is 0 Å². The van der Waals surface area contributed by atoms with Crippen molar-refractivity contribution < 1.29 is 0 Å². The van der Waals surface area contributed by atoms with Crippen molar-refractivity contribution in [1.82, 2.24) is 4.90 Å². The highest BCUT2D eigenvalue weighted by atomic mass is 15.1. The van der Waals surface area contributed by atoms with E-state index in [9.17, 15) is 0 Å². The Kier molecular flexibility index (Phi) is 4.06. The smallest absolute Gasteiger partial charge is 0.0407 e. The Bertz CT molecular complexity index is 357. The van der Waals surface area contributed by atoms with Gasteiger partial charge < -0.3 is 10.2 Å². The molecular weight excluding hydrogens is 208 g/mol. The minimum absolute atomic E-state index is 0.651. The van der Waals surface area contributed by atoms with E-state index in [2.05, 4.69) is 49.4 Å². The van der Waals surface area contributed by atoms with Gasteiger partial charge >= 0.3 is 0 Å². The summed E-state index contributed by atoms with van der Waals surface area (Å²) in [6.45, 7) is 3.40. The van der Waals surface area contributed by atoms with Gasteiger partial charge in [0.1, 0.15) is 0 Å².